The Hall–Kier alpha value is -0.250. The standard InChI is InChI=1S/C13H24F3N/c1-12(2)8-5-11(6-9-12)17-10-4-3-7-13(14,15)16/h11,17H,3-10H2,1-2H3. The first-order valence-electron chi connectivity index (χ1n) is 6.59. The Morgan fingerprint density at radius 1 is 1.12 bits per heavy atom. The van der Waals surface area contributed by atoms with E-state index in [1.807, 2.05) is 0 Å². The maximum atomic E-state index is 11.9. The summed E-state index contributed by atoms with van der Waals surface area (Å²) in [5, 5.41) is 3.38. The first-order valence-corrected chi connectivity index (χ1v) is 6.59. The van der Waals surface area contributed by atoms with Crippen LogP contribution >= 0.6 is 0 Å². The van der Waals surface area contributed by atoms with Crippen LogP contribution < -0.4 is 5.32 Å². The van der Waals surface area contributed by atoms with Gasteiger partial charge >= 0.3 is 6.18 Å². The zero-order valence-electron chi connectivity index (χ0n) is 10.9. The molecule has 1 aliphatic carbocycles. The van der Waals surface area contributed by atoms with Gasteiger partial charge in [-0.05, 0) is 50.5 Å². The molecule has 0 aromatic rings. The van der Waals surface area contributed by atoms with Crippen molar-refractivity contribution >= 4 is 0 Å². The SMILES string of the molecule is CC1(C)CCC(NCCCCC(F)(F)F)CC1. The lowest BCUT2D eigenvalue weighted by molar-refractivity contribution is -0.135. The van der Waals surface area contributed by atoms with Gasteiger partial charge in [-0.2, -0.15) is 13.2 Å². The Kier molecular flexibility index (Phi) is 5.29. The van der Waals surface area contributed by atoms with Gasteiger partial charge in [0.15, 0.2) is 0 Å². The van der Waals surface area contributed by atoms with Gasteiger partial charge in [-0.25, -0.2) is 0 Å². The minimum absolute atomic E-state index is 0.245. The van der Waals surface area contributed by atoms with Crippen molar-refractivity contribution in [3.63, 3.8) is 0 Å². The van der Waals surface area contributed by atoms with Gasteiger partial charge in [0.1, 0.15) is 0 Å². The molecule has 17 heavy (non-hydrogen) atoms. The Bertz CT molecular complexity index is 213. The molecule has 0 bridgehead atoms. The molecule has 0 radical (unpaired) electrons. The predicted molar refractivity (Wildman–Crippen MR) is 63.9 cm³/mol. The second-order valence-corrected chi connectivity index (χ2v) is 5.96. The maximum absolute atomic E-state index is 11.9. The first kappa shape index (κ1) is 14.8. The molecule has 0 aromatic heterocycles. The van der Waals surface area contributed by atoms with E-state index >= 15 is 0 Å². The summed E-state index contributed by atoms with van der Waals surface area (Å²) >= 11 is 0. The van der Waals surface area contributed by atoms with Gasteiger partial charge in [-0.3, -0.25) is 0 Å². The lowest BCUT2D eigenvalue weighted by atomic mass is 9.75. The Balaban J connectivity index is 2.01. The highest BCUT2D eigenvalue weighted by Gasteiger charge is 2.27. The van der Waals surface area contributed by atoms with E-state index in [4.69, 9.17) is 0 Å². The molecule has 0 spiro atoms. The molecule has 1 nitrogen and oxygen atoms in total. The summed E-state index contributed by atoms with van der Waals surface area (Å²) in [4.78, 5) is 0. The predicted octanol–water partition coefficient (Wildman–Crippen LogP) is 4.28. The largest absolute Gasteiger partial charge is 0.389 e. The first-order chi connectivity index (χ1) is 7.79. The van der Waals surface area contributed by atoms with Crippen molar-refractivity contribution in [1.29, 1.82) is 0 Å². The summed E-state index contributed by atoms with van der Waals surface area (Å²) in [7, 11) is 0. The van der Waals surface area contributed by atoms with Gasteiger partial charge in [-0.1, -0.05) is 13.8 Å². The van der Waals surface area contributed by atoms with Crippen LogP contribution in [0.2, 0.25) is 0 Å². The van der Waals surface area contributed by atoms with Gasteiger partial charge in [-0.15, -0.1) is 0 Å². The molecule has 0 heterocycles. The Morgan fingerprint density at radius 3 is 2.24 bits per heavy atom. The van der Waals surface area contributed by atoms with Crippen LogP contribution in [0.5, 0.6) is 0 Å². The molecule has 1 N–H and O–H groups in total. The van der Waals surface area contributed by atoms with E-state index < -0.39 is 12.6 Å². The van der Waals surface area contributed by atoms with Gasteiger partial charge in [0, 0.05) is 12.5 Å². The van der Waals surface area contributed by atoms with E-state index in [0.717, 1.165) is 19.4 Å². The molecule has 1 aliphatic rings. The fourth-order valence-corrected chi connectivity index (χ4v) is 2.36. The molecule has 0 atom stereocenters. The number of alkyl halides is 3. The highest BCUT2D eigenvalue weighted by atomic mass is 19.4. The zero-order valence-corrected chi connectivity index (χ0v) is 10.9. The second kappa shape index (κ2) is 6.07. The fraction of sp³-hybridized carbons (Fsp3) is 1.00. The van der Waals surface area contributed by atoms with Gasteiger partial charge < -0.3 is 5.32 Å². The number of nitrogens with one attached hydrogen (secondary N) is 1. The molecule has 0 unspecified atom stereocenters. The van der Waals surface area contributed by atoms with E-state index in [9.17, 15) is 13.2 Å². The van der Waals surface area contributed by atoms with Crippen molar-refractivity contribution in [2.24, 2.45) is 5.41 Å². The van der Waals surface area contributed by atoms with Crippen molar-refractivity contribution in [3.8, 4) is 0 Å². The molecule has 1 saturated carbocycles. The molecule has 0 saturated heterocycles. The summed E-state index contributed by atoms with van der Waals surface area (Å²) in [5.74, 6) is 0. The molecule has 4 heteroatoms. The summed E-state index contributed by atoms with van der Waals surface area (Å²) in [6, 6.07) is 0.522. The molecule has 1 rings (SSSR count). The average Bonchev–Trinajstić information content (AvgIpc) is 2.18. The summed E-state index contributed by atoms with van der Waals surface area (Å²) in [5.41, 5.74) is 0.453. The third-order valence-corrected chi connectivity index (χ3v) is 3.66. The monoisotopic (exact) mass is 251 g/mol. The van der Waals surface area contributed by atoms with Crippen LogP contribution in [0.15, 0.2) is 0 Å². The molecule has 0 amide bonds. The number of unbranched alkanes of at least 4 members (excludes halogenated alkanes) is 1. The number of rotatable bonds is 5. The lowest BCUT2D eigenvalue weighted by Gasteiger charge is -2.34. The van der Waals surface area contributed by atoms with Crippen LogP contribution in [0.3, 0.4) is 0 Å². The van der Waals surface area contributed by atoms with Crippen LogP contribution in [0.4, 0.5) is 13.2 Å². The summed E-state index contributed by atoms with van der Waals surface area (Å²) < 4.78 is 35.7. The smallest absolute Gasteiger partial charge is 0.314 e. The third kappa shape index (κ3) is 6.92. The fourth-order valence-electron chi connectivity index (χ4n) is 2.36. The van der Waals surface area contributed by atoms with Crippen molar-refractivity contribution < 1.29 is 13.2 Å². The van der Waals surface area contributed by atoms with E-state index in [2.05, 4.69) is 19.2 Å². The van der Waals surface area contributed by atoms with Crippen LogP contribution in [0, 0.1) is 5.41 Å². The van der Waals surface area contributed by atoms with E-state index in [0.29, 0.717) is 17.9 Å². The molecule has 1 fully saturated rings. The summed E-state index contributed by atoms with van der Waals surface area (Å²) in [6.45, 7) is 5.29. The molecule has 0 aromatic carbocycles. The van der Waals surface area contributed by atoms with Crippen molar-refractivity contribution in [2.75, 3.05) is 6.54 Å². The van der Waals surface area contributed by atoms with Crippen LogP contribution in [0.1, 0.15) is 58.8 Å². The highest BCUT2D eigenvalue weighted by molar-refractivity contribution is 4.81. The maximum Gasteiger partial charge on any atom is 0.389 e. The quantitative estimate of drug-likeness (QED) is 0.719. The van der Waals surface area contributed by atoms with Gasteiger partial charge in [0.05, 0.1) is 0 Å². The van der Waals surface area contributed by atoms with Crippen molar-refractivity contribution in [2.45, 2.75) is 71.0 Å². The summed E-state index contributed by atoms with van der Waals surface area (Å²) in [6.07, 6.45) is 0.980. The zero-order chi connectivity index (χ0) is 12.9. The molecule has 102 valence electrons. The van der Waals surface area contributed by atoms with Crippen molar-refractivity contribution in [3.05, 3.63) is 0 Å². The third-order valence-electron chi connectivity index (χ3n) is 3.66. The van der Waals surface area contributed by atoms with Crippen LogP contribution in [-0.2, 0) is 0 Å². The highest BCUT2D eigenvalue weighted by Crippen LogP contribution is 2.34. The number of halogens is 3. The van der Waals surface area contributed by atoms with E-state index in [-0.39, 0.29) is 6.42 Å². The van der Waals surface area contributed by atoms with Gasteiger partial charge in [0.2, 0.25) is 0 Å². The van der Waals surface area contributed by atoms with Crippen molar-refractivity contribution in [1.82, 2.24) is 5.32 Å². The molecular weight excluding hydrogens is 227 g/mol. The van der Waals surface area contributed by atoms with Crippen LogP contribution in [-0.4, -0.2) is 18.8 Å². The lowest BCUT2D eigenvalue weighted by Crippen LogP contribution is -2.36. The number of hydrogen-bond donors (Lipinski definition) is 1. The number of hydrogen-bond acceptors (Lipinski definition) is 1. The average molecular weight is 251 g/mol. The minimum atomic E-state index is -3.99. The minimum Gasteiger partial charge on any atom is -0.314 e. The van der Waals surface area contributed by atoms with Gasteiger partial charge in [0.25, 0.3) is 0 Å². The van der Waals surface area contributed by atoms with Crippen LogP contribution in [0.25, 0.3) is 0 Å². The molecular formula is C13H24F3N. The topological polar surface area (TPSA) is 12.0 Å². The normalized spacial score (nSPS) is 21.7. The Morgan fingerprint density at radius 2 is 1.71 bits per heavy atom. The molecule has 0 aliphatic heterocycles. The second-order valence-electron chi connectivity index (χ2n) is 5.96. The Labute approximate surface area is 102 Å². The van der Waals surface area contributed by atoms with E-state index in [1.165, 1.54) is 12.8 Å². The van der Waals surface area contributed by atoms with E-state index in [1.54, 1.807) is 0 Å².